The molecule has 2 aromatic heterocycles. The normalized spacial score (nSPS) is 23.7. The second-order valence-corrected chi connectivity index (χ2v) is 7.99. The number of aromatic nitrogens is 3. The van der Waals surface area contributed by atoms with Gasteiger partial charge in [0.15, 0.2) is 11.7 Å². The Labute approximate surface area is 163 Å². The maximum Gasteiger partial charge on any atom is 0.233 e. The molecule has 2 fully saturated rings. The van der Waals surface area contributed by atoms with Crippen molar-refractivity contribution in [3.05, 3.63) is 42.4 Å². The van der Waals surface area contributed by atoms with E-state index in [4.69, 9.17) is 9.15 Å². The van der Waals surface area contributed by atoms with Gasteiger partial charge in [0, 0.05) is 24.1 Å². The number of hydrogen-bond acceptors (Lipinski definition) is 6. The predicted octanol–water partition coefficient (Wildman–Crippen LogP) is 4.77. The van der Waals surface area contributed by atoms with Crippen molar-refractivity contribution in [2.24, 2.45) is 11.8 Å². The third-order valence-corrected chi connectivity index (χ3v) is 5.95. The van der Waals surface area contributed by atoms with Crippen LogP contribution in [0.1, 0.15) is 38.0 Å². The molecule has 5 rings (SSSR count). The lowest BCUT2D eigenvalue weighted by Crippen LogP contribution is -2.26. The topological polar surface area (TPSA) is 81.3 Å². The van der Waals surface area contributed by atoms with Crippen molar-refractivity contribution < 1.29 is 14.3 Å². The van der Waals surface area contributed by atoms with E-state index in [-0.39, 0.29) is 11.9 Å². The minimum absolute atomic E-state index is 0.123. The summed E-state index contributed by atoms with van der Waals surface area (Å²) < 4.78 is 11.6. The van der Waals surface area contributed by atoms with Gasteiger partial charge in [-0.3, -0.25) is 0 Å². The van der Waals surface area contributed by atoms with Crippen LogP contribution in [-0.4, -0.2) is 26.4 Å². The van der Waals surface area contributed by atoms with E-state index < -0.39 is 0 Å². The lowest BCUT2D eigenvalue weighted by Gasteiger charge is -2.27. The minimum Gasteiger partial charge on any atom is -0.507 e. The van der Waals surface area contributed by atoms with Crippen LogP contribution in [-0.2, 0) is 0 Å². The average Bonchev–Trinajstić information content (AvgIpc) is 3.27. The second-order valence-electron chi connectivity index (χ2n) is 7.99. The zero-order valence-electron chi connectivity index (χ0n) is 15.8. The van der Waals surface area contributed by atoms with Gasteiger partial charge in [-0.25, -0.2) is 4.98 Å². The fraction of sp³-hybridized carbons (Fsp3) is 0.409. The summed E-state index contributed by atoms with van der Waals surface area (Å²) in [4.78, 5) is 4.09. The van der Waals surface area contributed by atoms with Gasteiger partial charge in [0.25, 0.3) is 0 Å². The average molecular weight is 377 g/mol. The second kappa shape index (κ2) is 6.93. The summed E-state index contributed by atoms with van der Waals surface area (Å²) in [6.07, 6.45) is 8.22. The first-order chi connectivity index (χ1) is 13.6. The smallest absolute Gasteiger partial charge is 0.233 e. The number of oxazole rings is 1. The number of fused-ring (bicyclic) bond motifs is 2. The summed E-state index contributed by atoms with van der Waals surface area (Å²) in [6.45, 7) is 1.79. The lowest BCUT2D eigenvalue weighted by molar-refractivity contribution is 0.113. The number of aromatic hydroxyl groups is 1. The SMILES string of the molecule is Cc1ncc(-c2ccc(-c3ccc(O[C@H]4C[C@@H]5CC[C@@H](C5)C4)nn3)c(O)c2)o1. The quantitative estimate of drug-likeness (QED) is 0.705. The molecule has 144 valence electrons. The van der Waals surface area contributed by atoms with Crippen molar-refractivity contribution >= 4 is 0 Å². The minimum atomic E-state index is 0.123. The molecule has 2 bridgehead atoms. The van der Waals surface area contributed by atoms with Crippen LogP contribution < -0.4 is 4.74 Å². The molecule has 0 aliphatic heterocycles. The molecule has 6 heteroatoms. The highest BCUT2D eigenvalue weighted by Gasteiger charge is 2.35. The molecule has 0 amide bonds. The Morgan fingerprint density at radius 3 is 2.50 bits per heavy atom. The maximum absolute atomic E-state index is 10.4. The van der Waals surface area contributed by atoms with Crippen LogP contribution in [0.25, 0.3) is 22.6 Å². The summed E-state index contributed by atoms with van der Waals surface area (Å²) in [7, 11) is 0. The largest absolute Gasteiger partial charge is 0.507 e. The molecule has 1 aromatic carbocycles. The number of aryl methyl sites for hydroxylation is 1. The number of phenolic OH excluding ortho intramolecular Hbond substituents is 1. The molecule has 0 saturated heterocycles. The predicted molar refractivity (Wildman–Crippen MR) is 104 cm³/mol. The van der Waals surface area contributed by atoms with E-state index in [0.717, 1.165) is 30.2 Å². The van der Waals surface area contributed by atoms with Crippen LogP contribution in [0, 0.1) is 18.8 Å². The zero-order valence-corrected chi connectivity index (χ0v) is 15.8. The molecule has 3 aromatic rings. The Morgan fingerprint density at radius 1 is 1.04 bits per heavy atom. The highest BCUT2D eigenvalue weighted by atomic mass is 16.5. The van der Waals surface area contributed by atoms with Crippen LogP contribution >= 0.6 is 0 Å². The van der Waals surface area contributed by atoms with Gasteiger partial charge in [0.1, 0.15) is 11.9 Å². The fourth-order valence-electron chi connectivity index (χ4n) is 4.64. The van der Waals surface area contributed by atoms with E-state index in [9.17, 15) is 5.11 Å². The third kappa shape index (κ3) is 3.35. The first-order valence-corrected chi connectivity index (χ1v) is 9.90. The first-order valence-electron chi connectivity index (χ1n) is 9.90. The van der Waals surface area contributed by atoms with Crippen molar-refractivity contribution in [2.75, 3.05) is 0 Å². The van der Waals surface area contributed by atoms with Crippen LogP contribution in [0.2, 0.25) is 0 Å². The summed E-state index contributed by atoms with van der Waals surface area (Å²) >= 11 is 0. The zero-order chi connectivity index (χ0) is 19.1. The molecule has 0 spiro atoms. The van der Waals surface area contributed by atoms with Gasteiger partial charge in [-0.15, -0.1) is 10.2 Å². The number of nitrogens with zero attached hydrogens (tertiary/aromatic N) is 3. The van der Waals surface area contributed by atoms with Crippen molar-refractivity contribution in [2.45, 2.75) is 45.1 Å². The van der Waals surface area contributed by atoms with E-state index in [1.807, 2.05) is 24.3 Å². The van der Waals surface area contributed by atoms with Crippen molar-refractivity contribution in [3.63, 3.8) is 0 Å². The van der Waals surface area contributed by atoms with Gasteiger partial charge in [-0.1, -0.05) is 18.9 Å². The Kier molecular flexibility index (Phi) is 4.26. The summed E-state index contributed by atoms with van der Waals surface area (Å²) in [6, 6.07) is 9.02. The van der Waals surface area contributed by atoms with Crippen molar-refractivity contribution in [3.8, 4) is 34.2 Å². The van der Waals surface area contributed by atoms with Gasteiger partial charge in [0.2, 0.25) is 5.88 Å². The Hall–Kier alpha value is -2.89. The van der Waals surface area contributed by atoms with Gasteiger partial charge < -0.3 is 14.3 Å². The fourth-order valence-corrected chi connectivity index (χ4v) is 4.64. The van der Waals surface area contributed by atoms with Gasteiger partial charge in [-0.2, -0.15) is 0 Å². The molecule has 0 unspecified atom stereocenters. The summed E-state index contributed by atoms with van der Waals surface area (Å²) in [5.41, 5.74) is 1.99. The number of benzene rings is 1. The van der Waals surface area contributed by atoms with Gasteiger partial charge in [-0.05, 0) is 49.3 Å². The molecule has 6 nitrogen and oxygen atoms in total. The van der Waals surface area contributed by atoms with E-state index in [1.54, 1.807) is 19.2 Å². The standard InChI is InChI=1S/C22H23N3O3/c1-13-23-12-21(27-13)16-4-5-18(20(26)11-16)19-6-7-22(25-24-19)28-17-9-14-2-3-15(8-14)10-17/h4-7,11-12,14-15,17,26H,2-3,8-10H2,1H3/t14-,15+,17+. The van der Waals surface area contributed by atoms with Crippen LogP contribution in [0.15, 0.2) is 40.9 Å². The number of ether oxygens (including phenoxy) is 1. The molecule has 2 aliphatic rings. The Morgan fingerprint density at radius 2 is 1.86 bits per heavy atom. The lowest BCUT2D eigenvalue weighted by atomic mass is 9.87. The van der Waals surface area contributed by atoms with Gasteiger partial charge in [0.05, 0.1) is 11.9 Å². The third-order valence-electron chi connectivity index (χ3n) is 5.95. The van der Waals surface area contributed by atoms with E-state index in [0.29, 0.717) is 28.8 Å². The highest BCUT2D eigenvalue weighted by molar-refractivity contribution is 5.72. The molecule has 1 N–H and O–H groups in total. The molecule has 28 heavy (non-hydrogen) atoms. The molecular formula is C22H23N3O3. The van der Waals surface area contributed by atoms with Crippen molar-refractivity contribution in [1.29, 1.82) is 0 Å². The summed E-state index contributed by atoms with van der Waals surface area (Å²) in [5, 5.41) is 18.9. The number of rotatable bonds is 4. The molecule has 2 aliphatic carbocycles. The molecular weight excluding hydrogens is 354 g/mol. The van der Waals surface area contributed by atoms with Crippen molar-refractivity contribution in [1.82, 2.24) is 15.2 Å². The number of phenols is 1. The Bertz CT molecular complexity index is 971. The van der Waals surface area contributed by atoms with Crippen LogP contribution in [0.5, 0.6) is 11.6 Å². The maximum atomic E-state index is 10.4. The Balaban J connectivity index is 1.31. The van der Waals surface area contributed by atoms with E-state index in [2.05, 4.69) is 15.2 Å². The summed E-state index contributed by atoms with van der Waals surface area (Å²) in [5.74, 6) is 3.53. The molecule has 2 saturated carbocycles. The van der Waals surface area contributed by atoms with Crippen LogP contribution in [0.3, 0.4) is 0 Å². The van der Waals surface area contributed by atoms with E-state index in [1.165, 1.54) is 19.3 Å². The molecule has 3 atom stereocenters. The van der Waals surface area contributed by atoms with Gasteiger partial charge >= 0.3 is 0 Å². The van der Waals surface area contributed by atoms with Crippen LogP contribution in [0.4, 0.5) is 0 Å². The number of hydrogen-bond donors (Lipinski definition) is 1. The monoisotopic (exact) mass is 377 g/mol. The molecule has 0 radical (unpaired) electrons. The highest BCUT2D eigenvalue weighted by Crippen LogP contribution is 2.43. The molecule has 2 heterocycles. The first kappa shape index (κ1) is 17.2. The van der Waals surface area contributed by atoms with E-state index >= 15 is 0 Å².